The summed E-state index contributed by atoms with van der Waals surface area (Å²) in [5, 5.41) is 7.54. The topological polar surface area (TPSA) is 53.5 Å². The molecule has 7 heteroatoms. The van der Waals surface area contributed by atoms with Gasteiger partial charge >= 0.3 is 0 Å². The number of thioether (sulfide) groups is 1. The minimum absolute atomic E-state index is 0.102. The highest BCUT2D eigenvalue weighted by Crippen LogP contribution is 2.25. The van der Waals surface area contributed by atoms with E-state index in [1.807, 2.05) is 0 Å². The summed E-state index contributed by atoms with van der Waals surface area (Å²) in [6, 6.07) is 4.98. The van der Waals surface area contributed by atoms with E-state index in [-0.39, 0.29) is 5.91 Å². The van der Waals surface area contributed by atoms with Crippen LogP contribution in [0.15, 0.2) is 23.2 Å². The van der Waals surface area contributed by atoms with E-state index < -0.39 is 0 Å². The Labute approximate surface area is 119 Å². The maximum absolute atomic E-state index is 11.7. The Hall–Kier alpha value is -0.910. The quantitative estimate of drug-likeness (QED) is 0.902. The standard InChI is InChI=1S/C11H11Cl2N3OS/c12-8-2-1-7(5-9(8)13)16-10(17)6-18-11-14-3-4-15-11/h1-2,5H,3-4,6H2,(H,14,15)(H,16,17). The molecule has 18 heavy (non-hydrogen) atoms. The van der Waals surface area contributed by atoms with Crippen LogP contribution in [0.2, 0.25) is 10.0 Å². The number of rotatable bonds is 3. The SMILES string of the molecule is O=C(CSC1=NCCN1)Nc1ccc(Cl)c(Cl)c1. The van der Waals surface area contributed by atoms with E-state index in [1.165, 1.54) is 11.8 Å². The average Bonchev–Trinajstić information content (AvgIpc) is 2.84. The largest absolute Gasteiger partial charge is 0.363 e. The smallest absolute Gasteiger partial charge is 0.234 e. The number of hydrogen-bond donors (Lipinski definition) is 2. The summed E-state index contributed by atoms with van der Waals surface area (Å²) in [7, 11) is 0. The summed E-state index contributed by atoms with van der Waals surface area (Å²) < 4.78 is 0. The van der Waals surface area contributed by atoms with Crippen LogP contribution in [0.5, 0.6) is 0 Å². The number of nitrogens with one attached hydrogen (secondary N) is 2. The van der Waals surface area contributed by atoms with Gasteiger partial charge in [0.15, 0.2) is 5.17 Å². The number of amides is 1. The third kappa shape index (κ3) is 3.80. The van der Waals surface area contributed by atoms with Crippen molar-refractivity contribution in [1.82, 2.24) is 5.32 Å². The van der Waals surface area contributed by atoms with Gasteiger partial charge in [0.25, 0.3) is 0 Å². The molecule has 1 aliphatic heterocycles. The van der Waals surface area contributed by atoms with E-state index in [2.05, 4.69) is 15.6 Å². The lowest BCUT2D eigenvalue weighted by molar-refractivity contribution is -0.113. The molecule has 1 aromatic rings. The second-order valence-corrected chi connectivity index (χ2v) is 5.36. The Balaban J connectivity index is 1.84. The molecule has 2 rings (SSSR count). The van der Waals surface area contributed by atoms with Gasteiger partial charge in [0.2, 0.25) is 5.91 Å². The minimum atomic E-state index is -0.102. The highest BCUT2D eigenvalue weighted by molar-refractivity contribution is 8.14. The van der Waals surface area contributed by atoms with E-state index in [0.717, 1.165) is 18.3 Å². The second kappa shape index (κ2) is 6.31. The van der Waals surface area contributed by atoms with Crippen LogP contribution in [0.1, 0.15) is 0 Å². The first-order chi connectivity index (χ1) is 8.65. The van der Waals surface area contributed by atoms with Gasteiger partial charge < -0.3 is 10.6 Å². The number of hydrogen-bond acceptors (Lipinski definition) is 4. The number of amidine groups is 1. The Bertz CT molecular complexity index is 493. The molecule has 1 aromatic carbocycles. The van der Waals surface area contributed by atoms with Crippen molar-refractivity contribution in [1.29, 1.82) is 0 Å². The van der Waals surface area contributed by atoms with E-state index in [0.29, 0.717) is 21.5 Å². The van der Waals surface area contributed by atoms with Gasteiger partial charge in [-0.1, -0.05) is 35.0 Å². The zero-order valence-corrected chi connectivity index (χ0v) is 11.7. The van der Waals surface area contributed by atoms with Crippen molar-refractivity contribution < 1.29 is 4.79 Å². The third-order valence-corrected chi connectivity index (χ3v) is 3.88. The lowest BCUT2D eigenvalue weighted by Gasteiger charge is -2.06. The van der Waals surface area contributed by atoms with E-state index >= 15 is 0 Å². The maximum Gasteiger partial charge on any atom is 0.234 e. The van der Waals surface area contributed by atoms with Crippen molar-refractivity contribution in [2.24, 2.45) is 4.99 Å². The number of carbonyl (C=O) groups excluding carboxylic acids is 1. The minimum Gasteiger partial charge on any atom is -0.363 e. The first kappa shape index (κ1) is 13.5. The number of carbonyl (C=O) groups is 1. The van der Waals surface area contributed by atoms with Gasteiger partial charge in [-0.25, -0.2) is 0 Å². The summed E-state index contributed by atoms with van der Waals surface area (Å²) in [5.74, 6) is 0.210. The molecular weight excluding hydrogens is 293 g/mol. The molecule has 0 spiro atoms. The lowest BCUT2D eigenvalue weighted by Crippen LogP contribution is -2.20. The van der Waals surface area contributed by atoms with Crippen LogP contribution in [0.25, 0.3) is 0 Å². The van der Waals surface area contributed by atoms with Gasteiger partial charge in [0.1, 0.15) is 0 Å². The van der Waals surface area contributed by atoms with Crippen molar-refractivity contribution >= 4 is 51.7 Å². The van der Waals surface area contributed by atoms with Crippen LogP contribution in [0.4, 0.5) is 5.69 Å². The average molecular weight is 304 g/mol. The van der Waals surface area contributed by atoms with Crippen molar-refractivity contribution in [3.8, 4) is 0 Å². The number of halogens is 2. The van der Waals surface area contributed by atoms with Gasteiger partial charge in [0.05, 0.1) is 22.3 Å². The van der Waals surface area contributed by atoms with Crippen LogP contribution < -0.4 is 10.6 Å². The molecule has 0 radical (unpaired) electrons. The van der Waals surface area contributed by atoms with Crippen molar-refractivity contribution in [2.75, 3.05) is 24.2 Å². The summed E-state index contributed by atoms with van der Waals surface area (Å²) in [6.45, 7) is 1.62. The van der Waals surface area contributed by atoms with Gasteiger partial charge in [0, 0.05) is 12.2 Å². The fourth-order valence-electron chi connectivity index (χ4n) is 1.38. The van der Waals surface area contributed by atoms with Crippen LogP contribution >= 0.6 is 35.0 Å². The van der Waals surface area contributed by atoms with E-state index in [1.54, 1.807) is 18.2 Å². The molecule has 0 saturated carbocycles. The van der Waals surface area contributed by atoms with Crippen LogP contribution in [0, 0.1) is 0 Å². The number of aliphatic imine (C=N–C) groups is 1. The molecule has 2 N–H and O–H groups in total. The molecule has 1 heterocycles. The number of anilines is 1. The fraction of sp³-hybridized carbons (Fsp3) is 0.273. The zero-order chi connectivity index (χ0) is 13.0. The Morgan fingerprint density at radius 3 is 2.94 bits per heavy atom. The summed E-state index contributed by atoms with van der Waals surface area (Å²) in [5.41, 5.74) is 0.635. The maximum atomic E-state index is 11.7. The Morgan fingerprint density at radius 1 is 1.44 bits per heavy atom. The van der Waals surface area contributed by atoms with E-state index in [4.69, 9.17) is 23.2 Å². The fourth-order valence-corrected chi connectivity index (χ4v) is 2.40. The summed E-state index contributed by atoms with van der Waals surface area (Å²) in [4.78, 5) is 15.9. The second-order valence-electron chi connectivity index (χ2n) is 3.58. The van der Waals surface area contributed by atoms with Crippen molar-refractivity contribution in [2.45, 2.75) is 0 Å². The molecule has 1 amide bonds. The predicted octanol–water partition coefficient (Wildman–Crippen LogP) is 2.62. The monoisotopic (exact) mass is 303 g/mol. The number of benzene rings is 1. The molecule has 0 saturated heterocycles. The van der Waals surface area contributed by atoms with Gasteiger partial charge in [-0.2, -0.15) is 0 Å². The van der Waals surface area contributed by atoms with Crippen LogP contribution in [-0.2, 0) is 4.79 Å². The zero-order valence-electron chi connectivity index (χ0n) is 9.37. The first-order valence-corrected chi connectivity index (χ1v) is 7.05. The Kier molecular flexibility index (Phi) is 4.74. The molecule has 0 atom stereocenters. The molecular formula is C11H11Cl2N3OS. The van der Waals surface area contributed by atoms with E-state index in [9.17, 15) is 4.79 Å². The molecule has 1 aliphatic rings. The summed E-state index contributed by atoms with van der Waals surface area (Å²) >= 11 is 13.0. The van der Waals surface area contributed by atoms with Crippen LogP contribution in [0.3, 0.4) is 0 Å². The highest BCUT2D eigenvalue weighted by Gasteiger charge is 2.09. The van der Waals surface area contributed by atoms with Crippen LogP contribution in [-0.4, -0.2) is 29.9 Å². The highest BCUT2D eigenvalue weighted by atomic mass is 35.5. The predicted molar refractivity (Wildman–Crippen MR) is 77.9 cm³/mol. The first-order valence-electron chi connectivity index (χ1n) is 5.31. The third-order valence-electron chi connectivity index (χ3n) is 2.19. The molecule has 0 unspecified atom stereocenters. The molecule has 0 fully saturated rings. The van der Waals surface area contributed by atoms with Gasteiger partial charge in [-0.05, 0) is 18.2 Å². The molecule has 4 nitrogen and oxygen atoms in total. The molecule has 0 bridgehead atoms. The Morgan fingerprint density at radius 2 is 2.28 bits per heavy atom. The summed E-state index contributed by atoms with van der Waals surface area (Å²) in [6.07, 6.45) is 0. The van der Waals surface area contributed by atoms with Gasteiger partial charge in [-0.15, -0.1) is 0 Å². The molecule has 96 valence electrons. The van der Waals surface area contributed by atoms with Crippen molar-refractivity contribution in [3.05, 3.63) is 28.2 Å². The van der Waals surface area contributed by atoms with Gasteiger partial charge in [-0.3, -0.25) is 9.79 Å². The van der Waals surface area contributed by atoms with Crippen molar-refractivity contribution in [3.63, 3.8) is 0 Å². The molecule has 0 aliphatic carbocycles. The lowest BCUT2D eigenvalue weighted by atomic mass is 10.3. The normalized spacial score (nSPS) is 14.0. The molecule has 0 aromatic heterocycles. The number of nitrogens with zero attached hydrogens (tertiary/aromatic N) is 1.